The smallest absolute Gasteiger partial charge is 0.375 e. The Bertz CT molecular complexity index is 1240. The molecular weight excluding hydrogens is 505 g/mol. The Morgan fingerprint density at radius 2 is 1.87 bits per heavy atom. The van der Waals surface area contributed by atoms with E-state index in [0.717, 1.165) is 24.4 Å². The van der Waals surface area contributed by atoms with Crippen molar-refractivity contribution in [2.45, 2.75) is 43.5 Å². The molecule has 2 heterocycles. The fourth-order valence-corrected chi connectivity index (χ4v) is 4.53. The van der Waals surface area contributed by atoms with Gasteiger partial charge in [0.1, 0.15) is 11.6 Å². The van der Waals surface area contributed by atoms with E-state index in [1.807, 2.05) is 0 Å². The van der Waals surface area contributed by atoms with Crippen LogP contribution in [0.5, 0.6) is 0 Å². The van der Waals surface area contributed by atoms with Gasteiger partial charge in [-0.2, -0.15) is 13.2 Å². The number of pyridine rings is 1. The molecule has 1 aromatic heterocycles. The second-order valence-corrected chi connectivity index (χ2v) is 9.19. The maximum absolute atomic E-state index is 14.7. The van der Waals surface area contributed by atoms with E-state index in [0.29, 0.717) is 25.1 Å². The van der Waals surface area contributed by atoms with Crippen LogP contribution in [0.4, 0.5) is 27.6 Å². The Balaban J connectivity index is 1.56. The molecule has 2 N–H and O–H groups in total. The van der Waals surface area contributed by atoms with Crippen LogP contribution in [0.25, 0.3) is 0 Å². The van der Waals surface area contributed by atoms with Gasteiger partial charge >= 0.3 is 6.18 Å². The van der Waals surface area contributed by atoms with Crippen molar-refractivity contribution >= 4 is 11.6 Å². The van der Waals surface area contributed by atoms with Gasteiger partial charge < -0.3 is 15.4 Å². The molecular formula is C28H27F5N3O2. The highest BCUT2D eigenvalue weighted by Crippen LogP contribution is 2.39. The van der Waals surface area contributed by atoms with E-state index in [1.165, 1.54) is 36.5 Å². The molecule has 5 nitrogen and oxygen atoms in total. The van der Waals surface area contributed by atoms with Gasteiger partial charge in [0.15, 0.2) is 0 Å². The Morgan fingerprint density at radius 1 is 1.13 bits per heavy atom. The van der Waals surface area contributed by atoms with Crippen molar-refractivity contribution in [1.29, 1.82) is 0 Å². The highest BCUT2D eigenvalue weighted by Gasteiger charge is 2.36. The highest BCUT2D eigenvalue weighted by molar-refractivity contribution is 5.92. The van der Waals surface area contributed by atoms with Gasteiger partial charge in [0, 0.05) is 30.5 Å². The van der Waals surface area contributed by atoms with Gasteiger partial charge in [-0.1, -0.05) is 30.3 Å². The first-order valence-electron chi connectivity index (χ1n) is 12.1. The van der Waals surface area contributed by atoms with Gasteiger partial charge in [0.05, 0.1) is 36.4 Å². The number of rotatable bonds is 8. The molecule has 2 aromatic carbocycles. The van der Waals surface area contributed by atoms with Crippen LogP contribution in [0.1, 0.15) is 41.0 Å². The Labute approximate surface area is 217 Å². The zero-order valence-corrected chi connectivity index (χ0v) is 20.4. The molecule has 3 aromatic rings. The van der Waals surface area contributed by atoms with Crippen molar-refractivity contribution in [1.82, 2.24) is 10.3 Å². The van der Waals surface area contributed by atoms with Crippen molar-refractivity contribution in [3.63, 3.8) is 0 Å². The number of anilines is 1. The molecule has 10 heteroatoms. The Hall–Kier alpha value is -3.37. The number of alkyl halides is 3. The van der Waals surface area contributed by atoms with Crippen molar-refractivity contribution in [2.75, 3.05) is 18.5 Å². The quantitative estimate of drug-likeness (QED) is 0.368. The normalized spacial score (nSPS) is 18.7. The molecule has 1 saturated heterocycles. The van der Waals surface area contributed by atoms with Crippen molar-refractivity contribution in [2.24, 2.45) is 0 Å². The average molecular weight is 533 g/mol. The number of nitrogens with one attached hydrogen (secondary N) is 2. The van der Waals surface area contributed by atoms with Crippen LogP contribution in [0.15, 0.2) is 60.9 Å². The lowest BCUT2D eigenvalue weighted by Crippen LogP contribution is -2.45. The predicted octanol–water partition coefficient (Wildman–Crippen LogP) is 5.66. The first-order valence-corrected chi connectivity index (χ1v) is 12.1. The van der Waals surface area contributed by atoms with Crippen LogP contribution in [-0.2, 0) is 22.1 Å². The zero-order chi connectivity index (χ0) is 27.3. The minimum absolute atomic E-state index is 0.0183. The van der Waals surface area contributed by atoms with E-state index in [9.17, 15) is 26.7 Å². The number of benzene rings is 2. The molecule has 1 amide bonds. The highest BCUT2D eigenvalue weighted by atomic mass is 19.4. The molecule has 0 bridgehead atoms. The maximum atomic E-state index is 14.7. The van der Waals surface area contributed by atoms with E-state index in [2.05, 4.69) is 22.5 Å². The summed E-state index contributed by atoms with van der Waals surface area (Å²) in [5.41, 5.74) is -0.314. The monoisotopic (exact) mass is 532 g/mol. The molecule has 0 aliphatic carbocycles. The largest absolute Gasteiger partial charge is 0.416 e. The number of carbonyl (C=O) groups excluding carboxylic acids is 1. The fourth-order valence-electron chi connectivity index (χ4n) is 4.53. The van der Waals surface area contributed by atoms with Crippen LogP contribution in [-0.4, -0.2) is 36.2 Å². The Kier molecular flexibility index (Phi) is 8.73. The lowest BCUT2D eigenvalue weighted by molar-refractivity contribution is -0.138. The lowest BCUT2D eigenvalue weighted by Gasteiger charge is -2.28. The molecule has 1 radical (unpaired) electrons. The molecule has 0 unspecified atom stereocenters. The molecule has 201 valence electrons. The number of amides is 1. The van der Waals surface area contributed by atoms with Gasteiger partial charge in [0.25, 0.3) is 0 Å². The SMILES string of the molecule is [CH2][C@H]1CO[C@H](CCc2c(F)cncc2NC(=O)C[C@@H](c2ccc(F)cc2)c2ccccc2C(F)(F)F)CN1. The summed E-state index contributed by atoms with van der Waals surface area (Å²) in [4.78, 5) is 17.0. The van der Waals surface area contributed by atoms with E-state index in [4.69, 9.17) is 4.74 Å². The van der Waals surface area contributed by atoms with E-state index < -0.39 is 41.6 Å². The lowest BCUT2D eigenvalue weighted by atomic mass is 9.85. The first kappa shape index (κ1) is 27.7. The number of hydrogen-bond donors (Lipinski definition) is 2. The third-order valence-electron chi connectivity index (χ3n) is 6.47. The third kappa shape index (κ3) is 6.93. The molecule has 38 heavy (non-hydrogen) atoms. The van der Waals surface area contributed by atoms with Gasteiger partial charge in [-0.15, -0.1) is 0 Å². The number of nitrogens with zero attached hydrogens (tertiary/aromatic N) is 1. The average Bonchev–Trinajstić information content (AvgIpc) is 2.88. The summed E-state index contributed by atoms with van der Waals surface area (Å²) in [5.74, 6) is -2.84. The number of morpholine rings is 1. The van der Waals surface area contributed by atoms with Crippen LogP contribution in [0, 0.1) is 18.6 Å². The number of carbonyl (C=O) groups is 1. The van der Waals surface area contributed by atoms with Crippen LogP contribution < -0.4 is 10.6 Å². The Morgan fingerprint density at radius 3 is 2.55 bits per heavy atom. The van der Waals surface area contributed by atoms with E-state index in [1.54, 1.807) is 0 Å². The molecule has 1 aliphatic heterocycles. The van der Waals surface area contributed by atoms with Crippen molar-refractivity contribution < 1.29 is 31.5 Å². The summed E-state index contributed by atoms with van der Waals surface area (Å²) in [6.45, 7) is 4.85. The van der Waals surface area contributed by atoms with Crippen molar-refractivity contribution in [3.05, 3.63) is 102 Å². The topological polar surface area (TPSA) is 63.2 Å². The summed E-state index contributed by atoms with van der Waals surface area (Å²) in [6, 6.07) is 9.90. The first-order chi connectivity index (χ1) is 18.1. The number of halogens is 5. The maximum Gasteiger partial charge on any atom is 0.416 e. The predicted molar refractivity (Wildman–Crippen MR) is 132 cm³/mol. The number of hydrogen-bond acceptors (Lipinski definition) is 4. The standard InChI is InChI=1S/C28H27F5N3O2/c1-17-16-38-20(13-35-17)10-11-22-25(30)14-34-15-26(22)36-27(37)12-23(18-6-8-19(29)9-7-18)21-4-2-3-5-24(21)28(31,32)33/h2-9,14-15,17,20,23,35H,1,10-13,16H2,(H,36,37)/t17-,20+,23-/m0/s1. The zero-order valence-electron chi connectivity index (χ0n) is 20.4. The second-order valence-electron chi connectivity index (χ2n) is 9.19. The van der Waals surface area contributed by atoms with Crippen molar-refractivity contribution in [3.8, 4) is 0 Å². The third-order valence-corrected chi connectivity index (χ3v) is 6.47. The summed E-state index contributed by atoms with van der Waals surface area (Å²) >= 11 is 0. The van der Waals surface area contributed by atoms with Crippen LogP contribution in [0.3, 0.4) is 0 Å². The molecule has 1 aliphatic rings. The molecule has 0 spiro atoms. The molecule has 4 rings (SSSR count). The summed E-state index contributed by atoms with van der Waals surface area (Å²) in [7, 11) is 0. The number of ether oxygens (including phenoxy) is 1. The van der Waals surface area contributed by atoms with Crippen LogP contribution in [0.2, 0.25) is 0 Å². The van der Waals surface area contributed by atoms with Gasteiger partial charge in [-0.05, 0) is 49.1 Å². The fraction of sp³-hybridized carbons (Fsp3) is 0.321. The van der Waals surface area contributed by atoms with Gasteiger partial charge in [-0.25, -0.2) is 8.78 Å². The van der Waals surface area contributed by atoms with Crippen LogP contribution >= 0.6 is 0 Å². The minimum atomic E-state index is -4.66. The summed E-state index contributed by atoms with van der Waals surface area (Å²) in [6.07, 6.45) is -2.15. The summed E-state index contributed by atoms with van der Waals surface area (Å²) in [5, 5.41) is 5.81. The van der Waals surface area contributed by atoms with Gasteiger partial charge in [-0.3, -0.25) is 9.78 Å². The van der Waals surface area contributed by atoms with Gasteiger partial charge in [0.2, 0.25) is 5.91 Å². The number of aromatic nitrogens is 1. The molecule has 0 saturated carbocycles. The summed E-state index contributed by atoms with van der Waals surface area (Å²) < 4.78 is 75.4. The second kappa shape index (κ2) is 12.0. The minimum Gasteiger partial charge on any atom is -0.375 e. The molecule has 3 atom stereocenters. The van der Waals surface area contributed by atoms with E-state index >= 15 is 0 Å². The molecule has 1 fully saturated rings. The van der Waals surface area contributed by atoms with E-state index in [-0.39, 0.29) is 35.4 Å².